The number of aromatic nitrogens is 3. The summed E-state index contributed by atoms with van der Waals surface area (Å²) in [5, 5.41) is 8.38. The molecule has 1 N–H and O–H groups in total. The molecule has 102 valence electrons. The highest BCUT2D eigenvalue weighted by Gasteiger charge is 2.08. The average molecular weight is 299 g/mol. The van der Waals surface area contributed by atoms with Crippen LogP contribution in [0.2, 0.25) is 10.3 Å². The van der Waals surface area contributed by atoms with Crippen LogP contribution in [0.25, 0.3) is 0 Å². The maximum absolute atomic E-state index is 6.10. The number of aryl methyl sites for hydroxylation is 2. The predicted molar refractivity (Wildman–Crippen MR) is 78.8 cm³/mol. The molecule has 0 fully saturated rings. The molecule has 0 bridgehead atoms. The highest BCUT2D eigenvalue weighted by atomic mass is 35.5. The smallest absolute Gasteiger partial charge is 0.154 e. The lowest BCUT2D eigenvalue weighted by Gasteiger charge is -2.12. The van der Waals surface area contributed by atoms with Crippen LogP contribution in [0.3, 0.4) is 0 Å². The molecular weight excluding hydrogens is 283 g/mol. The second-order valence-electron chi connectivity index (χ2n) is 4.33. The molecule has 0 radical (unpaired) electrons. The number of halogens is 2. The molecule has 2 heterocycles. The third kappa shape index (κ3) is 3.39. The lowest BCUT2D eigenvalue weighted by atomic mass is 10.2. The van der Waals surface area contributed by atoms with Crippen molar-refractivity contribution in [2.45, 2.75) is 33.4 Å². The van der Waals surface area contributed by atoms with E-state index >= 15 is 0 Å². The van der Waals surface area contributed by atoms with Gasteiger partial charge >= 0.3 is 0 Å². The van der Waals surface area contributed by atoms with Gasteiger partial charge in [0.2, 0.25) is 0 Å². The zero-order valence-electron chi connectivity index (χ0n) is 11.0. The molecule has 2 aromatic rings. The van der Waals surface area contributed by atoms with Crippen LogP contribution in [0.1, 0.15) is 24.6 Å². The monoisotopic (exact) mass is 298 g/mol. The van der Waals surface area contributed by atoms with E-state index in [0.717, 1.165) is 29.9 Å². The van der Waals surface area contributed by atoms with Crippen molar-refractivity contribution in [3.05, 3.63) is 39.9 Å². The molecule has 0 saturated heterocycles. The average Bonchev–Trinajstić information content (AvgIpc) is 2.76. The van der Waals surface area contributed by atoms with Crippen LogP contribution in [-0.4, -0.2) is 14.8 Å². The molecule has 0 spiro atoms. The van der Waals surface area contributed by atoms with Crippen LogP contribution in [0.4, 0.5) is 5.69 Å². The van der Waals surface area contributed by atoms with Gasteiger partial charge in [-0.05, 0) is 31.0 Å². The molecular formula is C13H16Cl2N4. The summed E-state index contributed by atoms with van der Waals surface area (Å²) < 4.78 is 1.99. The maximum atomic E-state index is 6.10. The molecule has 0 unspecified atom stereocenters. The van der Waals surface area contributed by atoms with Crippen molar-refractivity contribution < 1.29 is 0 Å². The Bertz CT molecular complexity index is 543. The quantitative estimate of drug-likeness (QED) is 0.851. The van der Waals surface area contributed by atoms with Crippen LogP contribution < -0.4 is 5.32 Å². The van der Waals surface area contributed by atoms with Crippen molar-refractivity contribution >= 4 is 28.9 Å². The zero-order valence-corrected chi connectivity index (χ0v) is 12.5. The first-order chi connectivity index (χ1) is 9.11. The summed E-state index contributed by atoms with van der Waals surface area (Å²) in [6.45, 7) is 5.65. The van der Waals surface area contributed by atoms with Crippen molar-refractivity contribution in [1.82, 2.24) is 14.8 Å². The van der Waals surface area contributed by atoms with E-state index in [1.165, 1.54) is 0 Å². The number of hydrogen-bond donors (Lipinski definition) is 1. The fourth-order valence-electron chi connectivity index (χ4n) is 1.91. The second kappa shape index (κ2) is 6.26. The lowest BCUT2D eigenvalue weighted by Crippen LogP contribution is -2.10. The van der Waals surface area contributed by atoms with Crippen LogP contribution in [0.5, 0.6) is 0 Å². The van der Waals surface area contributed by atoms with Gasteiger partial charge in [-0.15, -0.1) is 0 Å². The highest BCUT2D eigenvalue weighted by molar-refractivity contribution is 6.34. The van der Waals surface area contributed by atoms with Gasteiger partial charge in [-0.1, -0.05) is 30.1 Å². The Balaban J connectivity index is 2.12. The normalized spacial score (nSPS) is 10.7. The third-order valence-electron chi connectivity index (χ3n) is 2.83. The molecule has 6 heteroatoms. The van der Waals surface area contributed by atoms with E-state index in [1.807, 2.05) is 17.7 Å². The van der Waals surface area contributed by atoms with Gasteiger partial charge in [0.25, 0.3) is 0 Å². The topological polar surface area (TPSA) is 42.7 Å². The Morgan fingerprint density at radius 2 is 2.16 bits per heavy atom. The van der Waals surface area contributed by atoms with E-state index in [9.17, 15) is 0 Å². The van der Waals surface area contributed by atoms with Crippen LogP contribution in [-0.2, 0) is 13.1 Å². The molecule has 0 atom stereocenters. The minimum absolute atomic E-state index is 0.395. The minimum Gasteiger partial charge on any atom is -0.377 e. The number of nitrogens with one attached hydrogen (secondary N) is 1. The van der Waals surface area contributed by atoms with E-state index in [0.29, 0.717) is 16.9 Å². The van der Waals surface area contributed by atoms with Gasteiger partial charge in [0.05, 0.1) is 17.9 Å². The van der Waals surface area contributed by atoms with E-state index in [2.05, 4.69) is 22.3 Å². The third-order valence-corrected chi connectivity index (χ3v) is 3.29. The number of anilines is 1. The van der Waals surface area contributed by atoms with Gasteiger partial charge in [0, 0.05) is 12.7 Å². The molecule has 4 nitrogen and oxygen atoms in total. The van der Waals surface area contributed by atoms with Gasteiger partial charge < -0.3 is 5.32 Å². The SMILES string of the molecule is CCCn1nccc1CNc1c(C)cc(Cl)nc1Cl. The molecule has 0 aliphatic carbocycles. The van der Waals surface area contributed by atoms with Crippen molar-refractivity contribution in [1.29, 1.82) is 0 Å². The van der Waals surface area contributed by atoms with E-state index in [-0.39, 0.29) is 0 Å². The number of pyridine rings is 1. The number of nitrogens with zero attached hydrogens (tertiary/aromatic N) is 3. The summed E-state index contributed by atoms with van der Waals surface area (Å²) in [7, 11) is 0. The summed E-state index contributed by atoms with van der Waals surface area (Å²) in [6, 6.07) is 3.79. The van der Waals surface area contributed by atoms with Gasteiger partial charge in [0.1, 0.15) is 5.15 Å². The van der Waals surface area contributed by atoms with E-state index in [4.69, 9.17) is 23.2 Å². The van der Waals surface area contributed by atoms with Gasteiger partial charge in [-0.2, -0.15) is 5.10 Å². The van der Waals surface area contributed by atoms with Crippen molar-refractivity contribution in [3.63, 3.8) is 0 Å². The first kappa shape index (κ1) is 14.2. The van der Waals surface area contributed by atoms with Gasteiger partial charge in [-0.25, -0.2) is 4.98 Å². The van der Waals surface area contributed by atoms with Crippen LogP contribution >= 0.6 is 23.2 Å². The number of rotatable bonds is 5. The summed E-state index contributed by atoms with van der Waals surface area (Å²) in [6.07, 6.45) is 2.86. The molecule has 0 saturated carbocycles. The molecule has 0 amide bonds. The first-order valence-electron chi connectivity index (χ1n) is 6.19. The Morgan fingerprint density at radius 1 is 1.37 bits per heavy atom. The maximum Gasteiger partial charge on any atom is 0.154 e. The largest absolute Gasteiger partial charge is 0.377 e. The molecule has 0 aromatic carbocycles. The highest BCUT2D eigenvalue weighted by Crippen LogP contribution is 2.26. The van der Waals surface area contributed by atoms with Crippen molar-refractivity contribution in [2.75, 3.05) is 5.32 Å². The Hall–Kier alpha value is -1.26. The summed E-state index contributed by atoms with van der Waals surface area (Å²) in [4.78, 5) is 4.04. The Morgan fingerprint density at radius 3 is 2.84 bits per heavy atom. The summed E-state index contributed by atoms with van der Waals surface area (Å²) in [5.41, 5.74) is 2.91. The van der Waals surface area contributed by atoms with Crippen LogP contribution in [0.15, 0.2) is 18.3 Å². The minimum atomic E-state index is 0.395. The van der Waals surface area contributed by atoms with Crippen LogP contribution in [0, 0.1) is 6.92 Å². The van der Waals surface area contributed by atoms with Gasteiger partial charge in [-0.3, -0.25) is 4.68 Å². The van der Waals surface area contributed by atoms with Crippen molar-refractivity contribution in [2.24, 2.45) is 0 Å². The molecule has 0 aliphatic rings. The zero-order chi connectivity index (χ0) is 13.8. The Kier molecular flexibility index (Phi) is 4.66. The fraction of sp³-hybridized carbons (Fsp3) is 0.385. The van der Waals surface area contributed by atoms with Crippen molar-refractivity contribution in [3.8, 4) is 0 Å². The van der Waals surface area contributed by atoms with E-state index < -0.39 is 0 Å². The molecule has 2 aromatic heterocycles. The predicted octanol–water partition coefficient (Wildman–Crippen LogP) is 3.92. The summed E-state index contributed by atoms with van der Waals surface area (Å²) in [5.74, 6) is 0. The summed E-state index contributed by atoms with van der Waals surface area (Å²) >= 11 is 11.9. The molecule has 2 rings (SSSR count). The lowest BCUT2D eigenvalue weighted by molar-refractivity contribution is 0.578. The number of hydrogen-bond acceptors (Lipinski definition) is 3. The molecule has 0 aliphatic heterocycles. The Labute approximate surface area is 122 Å². The molecule has 19 heavy (non-hydrogen) atoms. The van der Waals surface area contributed by atoms with Gasteiger partial charge in [0.15, 0.2) is 5.15 Å². The first-order valence-corrected chi connectivity index (χ1v) is 6.94. The second-order valence-corrected chi connectivity index (χ2v) is 5.07. The fourth-order valence-corrected chi connectivity index (χ4v) is 2.51. The van der Waals surface area contributed by atoms with E-state index in [1.54, 1.807) is 12.3 Å². The standard InChI is InChI=1S/C13H16Cl2N4/c1-3-6-19-10(4-5-17-19)8-16-12-9(2)7-11(14)18-13(12)15/h4-5,7,16H,3,6,8H2,1-2H3.